The largest absolute Gasteiger partial charge is 0.462 e. The molecule has 0 aromatic heterocycles. The zero-order valence-corrected chi connectivity index (χ0v) is 18.3. The van der Waals surface area contributed by atoms with Crippen molar-refractivity contribution in [3.63, 3.8) is 0 Å². The number of carbonyl (C=O) groups excluding carboxylic acids is 2. The van der Waals surface area contributed by atoms with Crippen LogP contribution < -0.4 is 0 Å². The molecule has 4 aliphatic carbocycles. The van der Waals surface area contributed by atoms with Gasteiger partial charge in [0.2, 0.25) is 0 Å². The van der Waals surface area contributed by atoms with Crippen molar-refractivity contribution >= 4 is 11.8 Å². The lowest BCUT2D eigenvalue weighted by molar-refractivity contribution is -0.190. The van der Waals surface area contributed by atoms with Gasteiger partial charge in [-0.1, -0.05) is 27.2 Å². The average Bonchev–Trinajstić information content (AvgIpc) is 3.31. The van der Waals surface area contributed by atoms with Crippen molar-refractivity contribution in [2.75, 3.05) is 0 Å². The molecule has 5 heteroatoms. The van der Waals surface area contributed by atoms with Gasteiger partial charge >= 0.3 is 5.97 Å². The molecule has 0 amide bonds. The quantitative estimate of drug-likeness (QED) is 0.572. The Hall–Kier alpha value is -0.940. The minimum atomic E-state index is -1.32. The second-order valence-corrected chi connectivity index (χ2v) is 11.1. The number of hydrogen-bond donors (Lipinski definition) is 1. The Morgan fingerprint density at radius 2 is 1.97 bits per heavy atom. The van der Waals surface area contributed by atoms with Gasteiger partial charge in [0.05, 0.1) is 6.10 Å². The van der Waals surface area contributed by atoms with Gasteiger partial charge in [0.1, 0.15) is 11.7 Å². The summed E-state index contributed by atoms with van der Waals surface area (Å²) in [5.74, 6) is 1.34. The lowest BCUT2D eigenvalue weighted by Gasteiger charge is -2.61. The minimum Gasteiger partial charge on any atom is -0.462 e. The van der Waals surface area contributed by atoms with Gasteiger partial charge in [-0.3, -0.25) is 9.59 Å². The maximum Gasteiger partial charge on any atom is 0.302 e. The third kappa shape index (κ3) is 2.24. The molecule has 4 saturated carbocycles. The number of esters is 1. The predicted molar refractivity (Wildman–Crippen MR) is 107 cm³/mol. The topological polar surface area (TPSA) is 76.1 Å². The van der Waals surface area contributed by atoms with Gasteiger partial charge in [0.25, 0.3) is 0 Å². The van der Waals surface area contributed by atoms with Crippen LogP contribution in [0.1, 0.15) is 85.5 Å². The second-order valence-electron chi connectivity index (χ2n) is 11.1. The first-order chi connectivity index (χ1) is 13.6. The number of hydrogen-bond acceptors (Lipinski definition) is 5. The Balaban J connectivity index is 1.49. The van der Waals surface area contributed by atoms with Gasteiger partial charge in [-0.25, -0.2) is 0 Å². The number of Topliss-reactive ketones (excluding diaryl/α,β-unsaturated/α-hetero) is 1. The van der Waals surface area contributed by atoms with Crippen LogP contribution in [0.25, 0.3) is 0 Å². The van der Waals surface area contributed by atoms with E-state index < -0.39 is 11.2 Å². The Labute approximate surface area is 173 Å². The Bertz CT molecular complexity index is 750. The molecular formula is C24H36O5. The number of ether oxygens (including phenoxy) is 2. The van der Waals surface area contributed by atoms with Crippen molar-refractivity contribution in [2.45, 2.75) is 109 Å². The van der Waals surface area contributed by atoms with Gasteiger partial charge in [-0.2, -0.15) is 0 Å². The van der Waals surface area contributed by atoms with Crippen molar-refractivity contribution in [3.8, 4) is 0 Å². The fourth-order valence-corrected chi connectivity index (χ4v) is 8.86. The summed E-state index contributed by atoms with van der Waals surface area (Å²) in [6.45, 7) is 8.18. The van der Waals surface area contributed by atoms with Crippen LogP contribution in [0.3, 0.4) is 0 Å². The molecule has 1 heterocycles. The summed E-state index contributed by atoms with van der Waals surface area (Å²) >= 11 is 0. The molecule has 1 saturated heterocycles. The van der Waals surface area contributed by atoms with Crippen LogP contribution in [0.2, 0.25) is 0 Å². The summed E-state index contributed by atoms with van der Waals surface area (Å²) in [7, 11) is 0. The van der Waals surface area contributed by atoms with Crippen molar-refractivity contribution in [2.24, 2.45) is 28.6 Å². The molecule has 0 radical (unpaired) electrons. The number of fused-ring (bicyclic) bond motifs is 4. The highest BCUT2D eigenvalue weighted by atomic mass is 16.6. The van der Waals surface area contributed by atoms with Crippen LogP contribution in [-0.2, 0) is 19.1 Å². The summed E-state index contributed by atoms with van der Waals surface area (Å²) in [6.07, 6.45) is 7.71. The van der Waals surface area contributed by atoms with E-state index in [1.165, 1.54) is 6.92 Å². The zero-order chi connectivity index (χ0) is 20.8. The van der Waals surface area contributed by atoms with Crippen molar-refractivity contribution in [1.82, 2.24) is 0 Å². The summed E-state index contributed by atoms with van der Waals surface area (Å²) in [4.78, 5) is 24.6. The van der Waals surface area contributed by atoms with E-state index in [2.05, 4.69) is 13.8 Å². The molecule has 5 rings (SSSR count). The molecule has 1 aliphatic heterocycles. The van der Waals surface area contributed by atoms with E-state index in [9.17, 15) is 14.7 Å². The van der Waals surface area contributed by atoms with Crippen LogP contribution in [0, 0.1) is 28.6 Å². The van der Waals surface area contributed by atoms with Gasteiger partial charge in [0.15, 0.2) is 11.4 Å². The fourth-order valence-electron chi connectivity index (χ4n) is 8.86. The standard InChI is InChI=1S/C24H36O5/c1-5-10-23(27)18(26)9-12-22(4)17-8-11-21(3)16(6-7-19(21)28-14(2)25)15(17)13-20-24(22,23)29-20/h15-17,19-20,27H,5-13H2,1-4H3. The predicted octanol–water partition coefficient (Wildman–Crippen LogP) is 3.80. The molecular weight excluding hydrogens is 368 g/mol. The monoisotopic (exact) mass is 404 g/mol. The fraction of sp³-hybridized carbons (Fsp3) is 0.917. The number of epoxide rings is 1. The van der Waals surface area contributed by atoms with E-state index in [0.717, 1.165) is 44.9 Å². The maximum absolute atomic E-state index is 12.9. The zero-order valence-electron chi connectivity index (χ0n) is 18.3. The minimum absolute atomic E-state index is 0.00536. The second kappa shape index (κ2) is 6.06. The first-order valence-corrected chi connectivity index (χ1v) is 11.7. The number of carbonyl (C=O) groups is 2. The molecule has 9 atom stereocenters. The van der Waals surface area contributed by atoms with Gasteiger partial charge < -0.3 is 14.6 Å². The Morgan fingerprint density at radius 3 is 2.66 bits per heavy atom. The maximum atomic E-state index is 12.9. The highest BCUT2D eigenvalue weighted by Gasteiger charge is 2.84. The smallest absolute Gasteiger partial charge is 0.302 e. The van der Waals surface area contributed by atoms with E-state index in [0.29, 0.717) is 30.6 Å². The Morgan fingerprint density at radius 1 is 1.21 bits per heavy atom. The lowest BCUT2D eigenvalue weighted by Crippen LogP contribution is -2.69. The number of ketones is 1. The number of rotatable bonds is 3. The summed E-state index contributed by atoms with van der Waals surface area (Å²) in [6, 6.07) is 0. The normalized spacial score (nSPS) is 55.3. The highest BCUT2D eigenvalue weighted by molar-refractivity contribution is 5.91. The van der Waals surface area contributed by atoms with Crippen molar-refractivity contribution in [3.05, 3.63) is 0 Å². The number of aliphatic hydroxyl groups is 1. The van der Waals surface area contributed by atoms with Gasteiger partial charge in [-0.05, 0) is 62.7 Å². The van der Waals surface area contributed by atoms with Crippen LogP contribution in [0.4, 0.5) is 0 Å². The van der Waals surface area contributed by atoms with Crippen LogP contribution >= 0.6 is 0 Å². The van der Waals surface area contributed by atoms with Crippen LogP contribution in [-0.4, -0.2) is 40.3 Å². The van der Waals surface area contributed by atoms with E-state index in [4.69, 9.17) is 9.47 Å². The summed E-state index contributed by atoms with van der Waals surface area (Å²) in [5, 5.41) is 11.6. The van der Waals surface area contributed by atoms with Gasteiger partial charge in [-0.15, -0.1) is 0 Å². The van der Waals surface area contributed by atoms with E-state index in [1.54, 1.807) is 0 Å². The molecule has 9 unspecified atom stereocenters. The third-order valence-corrected chi connectivity index (χ3v) is 10.1. The molecule has 0 aromatic carbocycles. The molecule has 0 bridgehead atoms. The van der Waals surface area contributed by atoms with Crippen molar-refractivity contribution in [1.29, 1.82) is 0 Å². The SMILES string of the molecule is CCCC1(O)C(=O)CCC2(C)C3CCC4(C)C(OC(C)=O)CCC4C3CC3OC312. The third-order valence-electron chi connectivity index (χ3n) is 10.1. The molecule has 162 valence electrons. The molecule has 1 N–H and O–H groups in total. The molecule has 5 fully saturated rings. The van der Waals surface area contributed by atoms with Crippen LogP contribution in [0.15, 0.2) is 0 Å². The van der Waals surface area contributed by atoms with Crippen LogP contribution in [0.5, 0.6) is 0 Å². The molecule has 29 heavy (non-hydrogen) atoms. The average molecular weight is 405 g/mol. The Kier molecular flexibility index (Phi) is 4.18. The molecule has 1 spiro atoms. The molecule has 5 nitrogen and oxygen atoms in total. The van der Waals surface area contributed by atoms with Gasteiger partial charge in [0, 0.05) is 24.2 Å². The highest BCUT2D eigenvalue weighted by Crippen LogP contribution is 2.75. The summed E-state index contributed by atoms with van der Waals surface area (Å²) < 4.78 is 12.2. The molecule has 5 aliphatic rings. The summed E-state index contributed by atoms with van der Waals surface area (Å²) in [5.41, 5.74) is -2.10. The van der Waals surface area contributed by atoms with E-state index >= 15 is 0 Å². The lowest BCUT2D eigenvalue weighted by atomic mass is 9.42. The van der Waals surface area contributed by atoms with E-state index in [1.807, 2.05) is 6.92 Å². The molecule has 0 aromatic rings. The van der Waals surface area contributed by atoms with E-state index in [-0.39, 0.29) is 34.8 Å². The first-order valence-electron chi connectivity index (χ1n) is 11.7. The van der Waals surface area contributed by atoms with Crippen molar-refractivity contribution < 1.29 is 24.2 Å². The first kappa shape index (κ1) is 20.0.